The number of hydrogen-bond acceptors (Lipinski definition) is 9. The maximum Gasteiger partial charge on any atom is 0.303 e. The largest absolute Gasteiger partial charge is 0.453 e. The quantitative estimate of drug-likeness (QED) is 0.179. The van der Waals surface area contributed by atoms with Crippen molar-refractivity contribution in [1.29, 1.82) is 0 Å². The molecule has 1 aliphatic rings. The maximum atomic E-state index is 12.4. The summed E-state index contributed by atoms with van der Waals surface area (Å²) in [7, 11) is 1.92. The van der Waals surface area contributed by atoms with Crippen LogP contribution < -0.4 is 5.32 Å². The molecule has 44 heavy (non-hydrogen) atoms. The number of carbonyl (C=O) groups is 2. The van der Waals surface area contributed by atoms with Crippen molar-refractivity contribution in [3.05, 3.63) is 101 Å². The van der Waals surface area contributed by atoms with Crippen molar-refractivity contribution in [2.24, 2.45) is 7.05 Å². The molecule has 3 aromatic carbocycles. The highest BCUT2D eigenvalue weighted by atomic mass is 32.2. The van der Waals surface area contributed by atoms with Gasteiger partial charge in [-0.15, -0.1) is 10.2 Å². The normalized spacial score (nSPS) is 18.9. The fraction of sp³-hybridized carbons (Fsp3) is 0.333. The third kappa shape index (κ3) is 7.92. The molecule has 1 saturated heterocycles. The number of amides is 1. The molecule has 10 nitrogen and oxygen atoms in total. The van der Waals surface area contributed by atoms with Crippen LogP contribution in [0.25, 0.3) is 11.1 Å². The second-order valence-corrected chi connectivity index (χ2v) is 11.6. The van der Waals surface area contributed by atoms with E-state index in [0.717, 1.165) is 38.5 Å². The Morgan fingerprint density at radius 1 is 1.07 bits per heavy atom. The minimum atomic E-state index is -0.867. The molecule has 11 heteroatoms. The number of aromatic nitrogens is 3. The number of nitrogens with one attached hydrogen (secondary N) is 1. The van der Waals surface area contributed by atoms with Crippen LogP contribution in [0.1, 0.15) is 54.9 Å². The summed E-state index contributed by atoms with van der Waals surface area (Å²) in [6.45, 7) is 3.10. The van der Waals surface area contributed by atoms with Gasteiger partial charge >= 0.3 is 5.97 Å². The molecule has 1 aliphatic heterocycles. The lowest BCUT2D eigenvalue weighted by Gasteiger charge is -2.36. The van der Waals surface area contributed by atoms with E-state index in [1.807, 2.05) is 84.4 Å². The van der Waals surface area contributed by atoms with Gasteiger partial charge in [-0.05, 0) is 34.7 Å². The number of aliphatic hydroxyl groups is 1. The number of ether oxygens (including phenoxy) is 3. The van der Waals surface area contributed by atoms with Crippen LogP contribution in [-0.4, -0.2) is 49.7 Å². The zero-order valence-electron chi connectivity index (χ0n) is 24.9. The van der Waals surface area contributed by atoms with E-state index in [4.69, 9.17) is 14.2 Å². The molecule has 230 valence electrons. The first-order valence-corrected chi connectivity index (χ1v) is 15.4. The summed E-state index contributed by atoms with van der Waals surface area (Å²) in [6.07, 6.45) is 0.615. The SMILES string of the molecule is CC(=O)OC(C)C(=O)NCc1ccccc1-c1ccc(C2OC(CSc3nncn3C)CC(c3ccc(CO)cc3)O2)cc1. The first-order valence-electron chi connectivity index (χ1n) is 14.4. The topological polar surface area (TPSA) is 125 Å². The molecule has 0 saturated carbocycles. The molecule has 1 amide bonds. The molecule has 4 unspecified atom stereocenters. The Balaban J connectivity index is 1.32. The monoisotopic (exact) mass is 616 g/mol. The van der Waals surface area contributed by atoms with E-state index >= 15 is 0 Å². The molecular formula is C33H36N4O6S. The summed E-state index contributed by atoms with van der Waals surface area (Å²) in [5.74, 6) is -0.171. The summed E-state index contributed by atoms with van der Waals surface area (Å²) >= 11 is 1.59. The van der Waals surface area contributed by atoms with Gasteiger partial charge in [-0.2, -0.15) is 0 Å². The molecule has 1 fully saturated rings. The van der Waals surface area contributed by atoms with Gasteiger partial charge in [-0.3, -0.25) is 9.59 Å². The number of benzene rings is 3. The lowest BCUT2D eigenvalue weighted by atomic mass is 9.97. The highest BCUT2D eigenvalue weighted by molar-refractivity contribution is 7.99. The lowest BCUT2D eigenvalue weighted by molar-refractivity contribution is -0.245. The molecule has 1 aromatic heterocycles. The Morgan fingerprint density at radius 2 is 1.80 bits per heavy atom. The fourth-order valence-corrected chi connectivity index (χ4v) is 5.90. The summed E-state index contributed by atoms with van der Waals surface area (Å²) in [6, 6.07) is 23.7. The standard InChI is InChI=1S/C33H36N4O6S/c1-21(41-22(2)39)31(40)34-17-27-6-4-5-7-29(27)24-12-14-26(15-13-24)32-42-28(19-44-33-36-35-20-37(33)3)16-30(43-32)25-10-8-23(18-38)9-11-25/h4-15,20-21,28,30,32,38H,16-19H2,1-3H3,(H,34,40). The van der Waals surface area contributed by atoms with Crippen LogP contribution in [-0.2, 0) is 44.0 Å². The van der Waals surface area contributed by atoms with Crippen LogP contribution in [0.4, 0.5) is 0 Å². The van der Waals surface area contributed by atoms with E-state index < -0.39 is 18.4 Å². The molecule has 5 rings (SSSR count). The van der Waals surface area contributed by atoms with Gasteiger partial charge in [0.15, 0.2) is 17.6 Å². The first-order chi connectivity index (χ1) is 21.3. The summed E-state index contributed by atoms with van der Waals surface area (Å²) in [5, 5.41) is 21.3. The highest BCUT2D eigenvalue weighted by Crippen LogP contribution is 2.39. The second kappa shape index (κ2) is 14.6. The van der Waals surface area contributed by atoms with Crippen LogP contribution in [0.2, 0.25) is 0 Å². The van der Waals surface area contributed by atoms with Gasteiger partial charge in [0, 0.05) is 38.3 Å². The van der Waals surface area contributed by atoms with Crippen molar-refractivity contribution in [2.45, 2.75) is 63.2 Å². The number of carbonyl (C=O) groups excluding carboxylic acids is 2. The first kappa shape index (κ1) is 31.4. The highest BCUT2D eigenvalue weighted by Gasteiger charge is 2.32. The Kier molecular flexibility index (Phi) is 10.4. The molecule has 0 aliphatic carbocycles. The molecule has 2 heterocycles. The predicted molar refractivity (Wildman–Crippen MR) is 165 cm³/mol. The third-order valence-electron chi connectivity index (χ3n) is 7.36. The van der Waals surface area contributed by atoms with Crippen molar-refractivity contribution in [3.8, 4) is 11.1 Å². The average molecular weight is 617 g/mol. The molecule has 4 atom stereocenters. The van der Waals surface area contributed by atoms with Gasteiger partial charge in [-0.1, -0.05) is 84.6 Å². The lowest BCUT2D eigenvalue weighted by Crippen LogP contribution is -2.35. The second-order valence-electron chi connectivity index (χ2n) is 10.6. The van der Waals surface area contributed by atoms with Crippen LogP contribution in [0, 0.1) is 0 Å². The number of thioether (sulfide) groups is 1. The Labute approximate surface area is 260 Å². The van der Waals surface area contributed by atoms with E-state index in [0.29, 0.717) is 18.7 Å². The van der Waals surface area contributed by atoms with Crippen molar-refractivity contribution in [3.63, 3.8) is 0 Å². The van der Waals surface area contributed by atoms with Gasteiger partial charge in [0.05, 0.1) is 18.8 Å². The van der Waals surface area contributed by atoms with E-state index in [1.54, 1.807) is 25.0 Å². The van der Waals surface area contributed by atoms with Gasteiger partial charge in [-0.25, -0.2) is 0 Å². The van der Waals surface area contributed by atoms with E-state index in [2.05, 4.69) is 15.5 Å². The molecule has 0 bridgehead atoms. The number of nitrogens with zero attached hydrogens (tertiary/aromatic N) is 3. The van der Waals surface area contributed by atoms with Gasteiger partial charge in [0.25, 0.3) is 5.91 Å². The number of aryl methyl sites for hydroxylation is 1. The minimum Gasteiger partial charge on any atom is -0.453 e. The smallest absolute Gasteiger partial charge is 0.303 e. The van der Waals surface area contributed by atoms with Crippen molar-refractivity contribution < 1.29 is 28.9 Å². The Morgan fingerprint density at radius 3 is 2.48 bits per heavy atom. The molecule has 4 aromatic rings. The van der Waals surface area contributed by atoms with E-state index in [1.165, 1.54) is 6.92 Å². The number of rotatable bonds is 11. The molecular weight excluding hydrogens is 580 g/mol. The molecule has 2 N–H and O–H groups in total. The minimum absolute atomic E-state index is 0.0102. The zero-order chi connectivity index (χ0) is 31.1. The number of aliphatic hydroxyl groups excluding tert-OH is 1. The van der Waals surface area contributed by atoms with Crippen LogP contribution in [0.5, 0.6) is 0 Å². The Hall–Kier alpha value is -4.03. The fourth-order valence-electron chi connectivity index (χ4n) is 5.00. The molecule has 0 spiro atoms. The molecule has 0 radical (unpaired) electrons. The van der Waals surface area contributed by atoms with Crippen molar-refractivity contribution in [1.82, 2.24) is 20.1 Å². The maximum absolute atomic E-state index is 12.4. The third-order valence-corrected chi connectivity index (χ3v) is 8.53. The van der Waals surface area contributed by atoms with Crippen LogP contribution in [0.3, 0.4) is 0 Å². The average Bonchev–Trinajstić information content (AvgIpc) is 3.46. The van der Waals surface area contributed by atoms with Gasteiger partial charge in [0.1, 0.15) is 6.33 Å². The van der Waals surface area contributed by atoms with Crippen molar-refractivity contribution in [2.75, 3.05) is 5.75 Å². The van der Waals surface area contributed by atoms with Crippen molar-refractivity contribution >= 4 is 23.6 Å². The number of esters is 1. The van der Waals surface area contributed by atoms with Crippen LogP contribution in [0.15, 0.2) is 84.3 Å². The Bertz CT molecular complexity index is 1560. The summed E-state index contributed by atoms with van der Waals surface area (Å²) in [4.78, 5) is 23.6. The summed E-state index contributed by atoms with van der Waals surface area (Å²) in [5.41, 5.74) is 5.65. The number of hydrogen-bond donors (Lipinski definition) is 2. The van der Waals surface area contributed by atoms with E-state index in [9.17, 15) is 14.7 Å². The van der Waals surface area contributed by atoms with Gasteiger partial charge < -0.3 is 29.2 Å². The zero-order valence-corrected chi connectivity index (χ0v) is 25.7. The van der Waals surface area contributed by atoms with E-state index in [-0.39, 0.29) is 24.7 Å². The predicted octanol–water partition coefficient (Wildman–Crippen LogP) is 4.88. The van der Waals surface area contributed by atoms with Gasteiger partial charge in [0.2, 0.25) is 0 Å². The summed E-state index contributed by atoms with van der Waals surface area (Å²) < 4.78 is 19.8. The van der Waals surface area contributed by atoms with Crippen LogP contribution >= 0.6 is 11.8 Å².